The number of aliphatic carboxylic acids is 1. The van der Waals surface area contributed by atoms with E-state index in [9.17, 15) is 4.79 Å². The standard InChI is InChI=1S/C10H18N2O2/c1-3-4-9(5-10(13)14)7-12-8(2)6-11/h8-9,12H,3-5,7H2,1-2H3,(H,13,14). The predicted octanol–water partition coefficient (Wildman–Crippen LogP) is 1.38. The molecule has 0 amide bonds. The van der Waals surface area contributed by atoms with Crippen molar-refractivity contribution in [1.29, 1.82) is 5.26 Å². The molecule has 2 atom stereocenters. The molecule has 0 radical (unpaired) electrons. The Kier molecular flexibility index (Phi) is 6.77. The minimum atomic E-state index is -0.769. The summed E-state index contributed by atoms with van der Waals surface area (Å²) in [5.41, 5.74) is 0. The number of nitrogens with one attached hydrogen (secondary N) is 1. The van der Waals surface area contributed by atoms with Crippen LogP contribution < -0.4 is 5.32 Å². The van der Waals surface area contributed by atoms with Gasteiger partial charge in [-0.05, 0) is 25.8 Å². The Bertz CT molecular complexity index is 211. The third-order valence-electron chi connectivity index (χ3n) is 2.07. The fraction of sp³-hybridized carbons (Fsp3) is 0.800. The molecule has 0 bridgehead atoms. The van der Waals surface area contributed by atoms with E-state index in [1.54, 1.807) is 6.92 Å². The van der Waals surface area contributed by atoms with E-state index >= 15 is 0 Å². The Morgan fingerprint density at radius 2 is 2.29 bits per heavy atom. The van der Waals surface area contributed by atoms with E-state index in [2.05, 4.69) is 11.4 Å². The molecule has 80 valence electrons. The van der Waals surface area contributed by atoms with Gasteiger partial charge in [-0.15, -0.1) is 0 Å². The van der Waals surface area contributed by atoms with Crippen molar-refractivity contribution in [2.24, 2.45) is 5.92 Å². The predicted molar refractivity (Wildman–Crippen MR) is 53.7 cm³/mol. The van der Waals surface area contributed by atoms with Crippen LogP contribution in [0.4, 0.5) is 0 Å². The summed E-state index contributed by atoms with van der Waals surface area (Å²) in [7, 11) is 0. The zero-order chi connectivity index (χ0) is 11.0. The van der Waals surface area contributed by atoms with Crippen LogP contribution in [0.15, 0.2) is 0 Å². The fourth-order valence-corrected chi connectivity index (χ4v) is 1.32. The summed E-state index contributed by atoms with van der Waals surface area (Å²) >= 11 is 0. The Morgan fingerprint density at radius 3 is 2.71 bits per heavy atom. The van der Waals surface area contributed by atoms with Crippen molar-refractivity contribution in [3.63, 3.8) is 0 Å². The van der Waals surface area contributed by atoms with Crippen molar-refractivity contribution < 1.29 is 9.90 Å². The maximum absolute atomic E-state index is 10.5. The minimum absolute atomic E-state index is 0.133. The van der Waals surface area contributed by atoms with Crippen LogP contribution >= 0.6 is 0 Å². The van der Waals surface area contributed by atoms with Gasteiger partial charge in [0.1, 0.15) is 0 Å². The van der Waals surface area contributed by atoms with Crippen molar-refractivity contribution >= 4 is 5.97 Å². The SMILES string of the molecule is CCCC(CNC(C)C#N)CC(=O)O. The third-order valence-corrected chi connectivity index (χ3v) is 2.07. The van der Waals surface area contributed by atoms with Crippen LogP contribution in [0.2, 0.25) is 0 Å². The first-order valence-electron chi connectivity index (χ1n) is 4.94. The first-order chi connectivity index (χ1) is 6.60. The Labute approximate surface area is 84.9 Å². The molecule has 0 aromatic rings. The molecular formula is C10H18N2O2. The summed E-state index contributed by atoms with van der Waals surface area (Å²) in [6.45, 7) is 4.40. The van der Waals surface area contributed by atoms with E-state index in [0.29, 0.717) is 6.54 Å². The topological polar surface area (TPSA) is 73.1 Å². The van der Waals surface area contributed by atoms with Crippen LogP contribution in [0.3, 0.4) is 0 Å². The Hall–Kier alpha value is -1.08. The summed E-state index contributed by atoms with van der Waals surface area (Å²) in [5.74, 6) is -0.636. The van der Waals surface area contributed by atoms with Crippen LogP contribution in [0.1, 0.15) is 33.1 Å². The molecule has 14 heavy (non-hydrogen) atoms. The lowest BCUT2D eigenvalue weighted by molar-refractivity contribution is -0.138. The second-order valence-corrected chi connectivity index (χ2v) is 3.51. The highest BCUT2D eigenvalue weighted by Crippen LogP contribution is 2.10. The highest BCUT2D eigenvalue weighted by Gasteiger charge is 2.12. The lowest BCUT2D eigenvalue weighted by atomic mass is 9.99. The number of carbonyl (C=O) groups is 1. The molecule has 0 aliphatic carbocycles. The number of hydrogen-bond donors (Lipinski definition) is 2. The van der Waals surface area contributed by atoms with Crippen molar-refractivity contribution in [3.05, 3.63) is 0 Å². The van der Waals surface area contributed by atoms with E-state index in [0.717, 1.165) is 12.8 Å². The molecule has 2 N–H and O–H groups in total. The lowest BCUT2D eigenvalue weighted by Gasteiger charge is -2.15. The molecule has 2 unspecified atom stereocenters. The van der Waals surface area contributed by atoms with Crippen LogP contribution in [-0.2, 0) is 4.79 Å². The van der Waals surface area contributed by atoms with Crippen molar-refractivity contribution in [3.8, 4) is 6.07 Å². The van der Waals surface area contributed by atoms with E-state index < -0.39 is 5.97 Å². The van der Waals surface area contributed by atoms with Gasteiger partial charge < -0.3 is 10.4 Å². The van der Waals surface area contributed by atoms with Crippen LogP contribution in [0.25, 0.3) is 0 Å². The van der Waals surface area contributed by atoms with E-state index in [1.165, 1.54) is 0 Å². The van der Waals surface area contributed by atoms with Gasteiger partial charge in [-0.3, -0.25) is 4.79 Å². The molecule has 0 saturated carbocycles. The molecule has 0 heterocycles. The largest absolute Gasteiger partial charge is 0.481 e. The number of carboxylic acids is 1. The van der Waals surface area contributed by atoms with Crippen molar-refractivity contribution in [1.82, 2.24) is 5.32 Å². The van der Waals surface area contributed by atoms with Gasteiger partial charge in [0, 0.05) is 6.42 Å². The van der Waals surface area contributed by atoms with Gasteiger partial charge in [-0.1, -0.05) is 13.3 Å². The molecule has 0 fully saturated rings. The molecule has 0 spiro atoms. The minimum Gasteiger partial charge on any atom is -0.481 e. The Morgan fingerprint density at radius 1 is 1.64 bits per heavy atom. The Balaban J connectivity index is 3.85. The molecule has 0 aromatic heterocycles. The number of hydrogen-bond acceptors (Lipinski definition) is 3. The first-order valence-corrected chi connectivity index (χ1v) is 4.94. The maximum Gasteiger partial charge on any atom is 0.303 e. The summed E-state index contributed by atoms with van der Waals surface area (Å²) in [4.78, 5) is 10.5. The van der Waals surface area contributed by atoms with Gasteiger partial charge in [0.2, 0.25) is 0 Å². The van der Waals surface area contributed by atoms with Crippen LogP contribution in [-0.4, -0.2) is 23.7 Å². The average Bonchev–Trinajstić information content (AvgIpc) is 2.13. The zero-order valence-corrected chi connectivity index (χ0v) is 8.79. The molecule has 4 nitrogen and oxygen atoms in total. The van der Waals surface area contributed by atoms with Gasteiger partial charge in [-0.25, -0.2) is 0 Å². The second kappa shape index (κ2) is 7.34. The molecule has 0 aromatic carbocycles. The van der Waals surface area contributed by atoms with Crippen LogP contribution in [0.5, 0.6) is 0 Å². The number of nitriles is 1. The van der Waals surface area contributed by atoms with E-state index in [4.69, 9.17) is 10.4 Å². The average molecular weight is 198 g/mol. The van der Waals surface area contributed by atoms with E-state index in [1.807, 2.05) is 6.92 Å². The molecule has 0 rings (SSSR count). The van der Waals surface area contributed by atoms with Gasteiger partial charge in [0.25, 0.3) is 0 Å². The summed E-state index contributed by atoms with van der Waals surface area (Å²) in [6.07, 6.45) is 2.04. The quantitative estimate of drug-likeness (QED) is 0.648. The van der Waals surface area contributed by atoms with E-state index in [-0.39, 0.29) is 18.4 Å². The lowest BCUT2D eigenvalue weighted by Crippen LogP contribution is -2.31. The first kappa shape index (κ1) is 12.9. The molecule has 0 saturated heterocycles. The fourth-order valence-electron chi connectivity index (χ4n) is 1.32. The summed E-state index contributed by atoms with van der Waals surface area (Å²) in [5, 5.41) is 20.2. The normalized spacial score (nSPS) is 14.4. The molecular weight excluding hydrogens is 180 g/mol. The van der Waals surface area contributed by atoms with Crippen LogP contribution in [0, 0.1) is 17.2 Å². The van der Waals surface area contributed by atoms with Crippen molar-refractivity contribution in [2.45, 2.75) is 39.2 Å². The number of nitrogens with zero attached hydrogens (tertiary/aromatic N) is 1. The van der Waals surface area contributed by atoms with Gasteiger partial charge in [0.15, 0.2) is 0 Å². The maximum atomic E-state index is 10.5. The van der Waals surface area contributed by atoms with Gasteiger partial charge in [-0.2, -0.15) is 5.26 Å². The summed E-state index contributed by atoms with van der Waals surface area (Å²) in [6, 6.07) is 1.85. The third kappa shape index (κ3) is 6.44. The second-order valence-electron chi connectivity index (χ2n) is 3.51. The number of carboxylic acid groups (broad SMARTS) is 1. The number of rotatable bonds is 7. The smallest absolute Gasteiger partial charge is 0.303 e. The van der Waals surface area contributed by atoms with Crippen molar-refractivity contribution in [2.75, 3.05) is 6.54 Å². The molecule has 0 aliphatic rings. The monoisotopic (exact) mass is 198 g/mol. The molecule has 0 aliphatic heterocycles. The highest BCUT2D eigenvalue weighted by atomic mass is 16.4. The zero-order valence-electron chi connectivity index (χ0n) is 8.79. The highest BCUT2D eigenvalue weighted by molar-refractivity contribution is 5.67. The molecule has 4 heteroatoms. The summed E-state index contributed by atoms with van der Waals surface area (Å²) < 4.78 is 0. The van der Waals surface area contributed by atoms with Gasteiger partial charge in [0.05, 0.1) is 12.1 Å². The van der Waals surface area contributed by atoms with Gasteiger partial charge >= 0.3 is 5.97 Å².